The van der Waals surface area contributed by atoms with Crippen LogP contribution in [0.5, 0.6) is 0 Å². The van der Waals surface area contributed by atoms with Gasteiger partial charge >= 0.3 is 0 Å². The van der Waals surface area contributed by atoms with Gasteiger partial charge in [0.25, 0.3) is 0 Å². The van der Waals surface area contributed by atoms with E-state index in [1.54, 1.807) is 28.2 Å². The number of piperidine rings is 1. The highest BCUT2D eigenvalue weighted by Gasteiger charge is 2.41. The molecule has 5 nitrogen and oxygen atoms in total. The lowest BCUT2D eigenvalue weighted by Crippen LogP contribution is -2.45. The summed E-state index contributed by atoms with van der Waals surface area (Å²) in [6.07, 6.45) is 7.02. The van der Waals surface area contributed by atoms with E-state index in [4.69, 9.17) is 0 Å². The van der Waals surface area contributed by atoms with Crippen molar-refractivity contribution in [1.82, 2.24) is 8.87 Å². The third-order valence-electron chi connectivity index (χ3n) is 4.79. The number of aliphatic hydroxyl groups is 1. The lowest BCUT2D eigenvalue weighted by atomic mass is 9.94. The van der Waals surface area contributed by atoms with Crippen LogP contribution in [0, 0.1) is 5.92 Å². The molecule has 2 aliphatic rings. The fourth-order valence-electron chi connectivity index (χ4n) is 3.72. The number of aryl methyl sites for hydroxylation is 1. The Kier molecular flexibility index (Phi) is 3.64. The van der Waals surface area contributed by atoms with E-state index in [1.165, 1.54) is 0 Å². The molecule has 112 valence electrons. The van der Waals surface area contributed by atoms with Gasteiger partial charge in [-0.25, -0.2) is 8.42 Å². The second-order valence-corrected chi connectivity index (χ2v) is 7.84. The van der Waals surface area contributed by atoms with E-state index in [0.717, 1.165) is 32.1 Å². The van der Waals surface area contributed by atoms with Crippen LogP contribution in [-0.4, -0.2) is 35.0 Å². The van der Waals surface area contributed by atoms with Crippen LogP contribution in [0.3, 0.4) is 0 Å². The molecule has 1 aliphatic carbocycles. The van der Waals surface area contributed by atoms with E-state index in [2.05, 4.69) is 0 Å². The molecule has 1 aromatic heterocycles. The summed E-state index contributed by atoms with van der Waals surface area (Å²) in [5.74, 6) is 0.541. The van der Waals surface area contributed by atoms with Crippen molar-refractivity contribution in [1.29, 1.82) is 0 Å². The molecule has 1 aromatic rings. The standard InChI is InChI=1S/C14H22N2O3S/c1-15-9-13(8-12(15)10-17)20(18,19)16-7-3-5-11-4-2-6-14(11)16/h8-9,11,14,17H,2-7,10H2,1H3. The first kappa shape index (κ1) is 14.1. The minimum Gasteiger partial charge on any atom is -0.390 e. The van der Waals surface area contributed by atoms with Crippen molar-refractivity contribution in [2.24, 2.45) is 13.0 Å². The molecular weight excluding hydrogens is 276 g/mol. The predicted molar refractivity (Wildman–Crippen MR) is 75.6 cm³/mol. The van der Waals surface area contributed by atoms with Crippen LogP contribution in [0.4, 0.5) is 0 Å². The number of sulfonamides is 1. The van der Waals surface area contributed by atoms with Crippen LogP contribution in [0.1, 0.15) is 37.8 Å². The molecule has 0 radical (unpaired) electrons. The van der Waals surface area contributed by atoms with Gasteiger partial charge in [-0.15, -0.1) is 0 Å². The third kappa shape index (κ3) is 2.19. The summed E-state index contributed by atoms with van der Waals surface area (Å²) in [5.41, 5.74) is 0.628. The maximum absolute atomic E-state index is 12.8. The molecule has 0 bridgehead atoms. The van der Waals surface area contributed by atoms with E-state index in [0.29, 0.717) is 23.1 Å². The Bertz CT molecular complexity index is 594. The Morgan fingerprint density at radius 2 is 2.05 bits per heavy atom. The van der Waals surface area contributed by atoms with Gasteiger partial charge in [0.1, 0.15) is 4.90 Å². The molecule has 1 saturated heterocycles. The highest BCUT2D eigenvalue weighted by atomic mass is 32.2. The zero-order valence-electron chi connectivity index (χ0n) is 11.8. The normalized spacial score (nSPS) is 27.7. The molecule has 0 amide bonds. The largest absolute Gasteiger partial charge is 0.390 e. The van der Waals surface area contributed by atoms with Gasteiger partial charge < -0.3 is 9.67 Å². The highest BCUT2D eigenvalue weighted by molar-refractivity contribution is 7.89. The number of hydrogen-bond acceptors (Lipinski definition) is 3. The second kappa shape index (κ2) is 5.16. The average Bonchev–Trinajstić information content (AvgIpc) is 3.04. The smallest absolute Gasteiger partial charge is 0.244 e. The lowest BCUT2D eigenvalue weighted by Gasteiger charge is -2.36. The molecule has 1 aliphatic heterocycles. The van der Waals surface area contributed by atoms with Crippen LogP contribution in [0.25, 0.3) is 0 Å². The monoisotopic (exact) mass is 298 g/mol. The molecule has 1 N–H and O–H groups in total. The number of aromatic nitrogens is 1. The van der Waals surface area contributed by atoms with Crippen LogP contribution >= 0.6 is 0 Å². The van der Waals surface area contributed by atoms with Crippen molar-refractivity contribution < 1.29 is 13.5 Å². The van der Waals surface area contributed by atoms with E-state index >= 15 is 0 Å². The lowest BCUT2D eigenvalue weighted by molar-refractivity contribution is 0.202. The van der Waals surface area contributed by atoms with Crippen molar-refractivity contribution in [3.63, 3.8) is 0 Å². The molecule has 6 heteroatoms. The van der Waals surface area contributed by atoms with Gasteiger partial charge in [-0.2, -0.15) is 4.31 Å². The van der Waals surface area contributed by atoms with Crippen molar-refractivity contribution in [2.45, 2.75) is 49.6 Å². The molecule has 1 saturated carbocycles. The quantitative estimate of drug-likeness (QED) is 0.919. The Hall–Kier alpha value is -0.850. The highest BCUT2D eigenvalue weighted by Crippen LogP contribution is 2.39. The minimum atomic E-state index is -3.43. The molecule has 20 heavy (non-hydrogen) atoms. The van der Waals surface area contributed by atoms with Crippen LogP contribution in [0.2, 0.25) is 0 Å². The SMILES string of the molecule is Cn1cc(S(=O)(=O)N2CCCC3CCCC32)cc1CO. The molecule has 0 aromatic carbocycles. The summed E-state index contributed by atoms with van der Waals surface area (Å²) >= 11 is 0. The predicted octanol–water partition coefficient (Wildman–Crippen LogP) is 1.47. The average molecular weight is 298 g/mol. The number of rotatable bonds is 3. The van der Waals surface area contributed by atoms with Crippen molar-refractivity contribution >= 4 is 10.0 Å². The summed E-state index contributed by atoms with van der Waals surface area (Å²) in [6.45, 7) is 0.491. The van der Waals surface area contributed by atoms with E-state index in [1.807, 2.05) is 0 Å². The third-order valence-corrected chi connectivity index (χ3v) is 6.68. The van der Waals surface area contributed by atoms with E-state index in [9.17, 15) is 13.5 Å². The molecular formula is C14H22N2O3S. The van der Waals surface area contributed by atoms with Gasteiger partial charge in [0, 0.05) is 31.5 Å². The van der Waals surface area contributed by atoms with Gasteiger partial charge in [0.05, 0.1) is 6.61 Å². The van der Waals surface area contributed by atoms with Crippen LogP contribution < -0.4 is 0 Å². The summed E-state index contributed by atoms with van der Waals surface area (Å²) in [5, 5.41) is 9.23. The Morgan fingerprint density at radius 1 is 1.30 bits per heavy atom. The molecule has 2 heterocycles. The Labute approximate surface area is 120 Å². The second-order valence-electron chi connectivity index (χ2n) is 5.95. The zero-order valence-corrected chi connectivity index (χ0v) is 12.6. The summed E-state index contributed by atoms with van der Waals surface area (Å²) in [6, 6.07) is 1.78. The molecule has 2 fully saturated rings. The summed E-state index contributed by atoms with van der Waals surface area (Å²) in [4.78, 5) is 0.316. The van der Waals surface area contributed by atoms with Crippen LogP contribution in [0.15, 0.2) is 17.2 Å². The number of hydrogen-bond donors (Lipinski definition) is 1. The first-order valence-corrected chi connectivity index (χ1v) is 8.76. The van der Waals surface area contributed by atoms with E-state index < -0.39 is 10.0 Å². The Balaban J connectivity index is 1.94. The molecule has 2 unspecified atom stereocenters. The zero-order chi connectivity index (χ0) is 14.3. The first-order valence-electron chi connectivity index (χ1n) is 7.32. The fourth-order valence-corrected chi connectivity index (χ4v) is 5.57. The first-order chi connectivity index (χ1) is 9.54. The van der Waals surface area contributed by atoms with Crippen LogP contribution in [-0.2, 0) is 23.7 Å². The van der Waals surface area contributed by atoms with Crippen molar-refractivity contribution in [3.05, 3.63) is 18.0 Å². The summed E-state index contributed by atoms with van der Waals surface area (Å²) < 4.78 is 29.1. The molecule has 2 atom stereocenters. The van der Waals surface area contributed by atoms with Gasteiger partial charge in [0.15, 0.2) is 0 Å². The molecule has 3 rings (SSSR count). The van der Waals surface area contributed by atoms with Gasteiger partial charge in [0.2, 0.25) is 10.0 Å². The number of fused-ring (bicyclic) bond motifs is 1. The van der Waals surface area contributed by atoms with Gasteiger partial charge in [-0.3, -0.25) is 0 Å². The number of aliphatic hydroxyl groups excluding tert-OH is 1. The minimum absolute atomic E-state index is 0.141. The Morgan fingerprint density at radius 3 is 2.75 bits per heavy atom. The van der Waals surface area contributed by atoms with E-state index in [-0.39, 0.29) is 12.6 Å². The van der Waals surface area contributed by atoms with Gasteiger partial charge in [-0.05, 0) is 37.7 Å². The van der Waals surface area contributed by atoms with Gasteiger partial charge in [-0.1, -0.05) is 6.42 Å². The fraction of sp³-hybridized carbons (Fsp3) is 0.714. The number of nitrogens with zero attached hydrogens (tertiary/aromatic N) is 2. The summed E-state index contributed by atoms with van der Waals surface area (Å²) in [7, 11) is -1.66. The topological polar surface area (TPSA) is 62.5 Å². The van der Waals surface area contributed by atoms with Crippen molar-refractivity contribution in [2.75, 3.05) is 6.54 Å². The molecule has 0 spiro atoms. The van der Waals surface area contributed by atoms with Crippen molar-refractivity contribution in [3.8, 4) is 0 Å². The maximum Gasteiger partial charge on any atom is 0.244 e. The maximum atomic E-state index is 12.8.